The first-order chi connectivity index (χ1) is 9.90. The van der Waals surface area contributed by atoms with Crippen molar-refractivity contribution in [2.75, 3.05) is 20.4 Å². The average molecular weight is 394 g/mol. The SMILES string of the molecule is CC(C)C(N)CCN(C)C(=O)c1cc(Br)c2c(c1)OCO2.Cl. The smallest absolute Gasteiger partial charge is 0.253 e. The maximum Gasteiger partial charge on any atom is 0.253 e. The van der Waals surface area contributed by atoms with Crippen LogP contribution in [0.15, 0.2) is 16.6 Å². The molecule has 0 saturated heterocycles. The normalized spacial score (nSPS) is 13.7. The summed E-state index contributed by atoms with van der Waals surface area (Å²) in [6, 6.07) is 3.58. The van der Waals surface area contributed by atoms with Gasteiger partial charge in [-0.2, -0.15) is 0 Å². The van der Waals surface area contributed by atoms with Crippen molar-refractivity contribution in [2.24, 2.45) is 11.7 Å². The Morgan fingerprint density at radius 2 is 2.09 bits per heavy atom. The lowest BCUT2D eigenvalue weighted by atomic mass is 10.0. The van der Waals surface area contributed by atoms with E-state index in [9.17, 15) is 4.79 Å². The minimum absolute atomic E-state index is 0. The lowest BCUT2D eigenvalue weighted by Crippen LogP contribution is -2.34. The van der Waals surface area contributed by atoms with Crippen molar-refractivity contribution in [2.45, 2.75) is 26.3 Å². The van der Waals surface area contributed by atoms with Crippen molar-refractivity contribution in [1.29, 1.82) is 0 Å². The summed E-state index contributed by atoms with van der Waals surface area (Å²) < 4.78 is 11.4. The molecule has 0 aliphatic carbocycles. The van der Waals surface area contributed by atoms with E-state index in [1.807, 2.05) is 0 Å². The molecule has 1 atom stereocenters. The summed E-state index contributed by atoms with van der Waals surface area (Å²) in [6.45, 7) is 4.98. The van der Waals surface area contributed by atoms with Gasteiger partial charge in [0.25, 0.3) is 5.91 Å². The summed E-state index contributed by atoms with van der Waals surface area (Å²) in [5.41, 5.74) is 6.60. The highest BCUT2D eigenvalue weighted by Gasteiger charge is 2.22. The van der Waals surface area contributed by atoms with Crippen molar-refractivity contribution in [3.05, 3.63) is 22.2 Å². The fourth-order valence-corrected chi connectivity index (χ4v) is 2.65. The number of carbonyl (C=O) groups excluding carboxylic acids is 1. The zero-order valence-corrected chi connectivity index (χ0v) is 15.4. The molecule has 0 bridgehead atoms. The quantitative estimate of drug-likeness (QED) is 0.835. The van der Waals surface area contributed by atoms with Gasteiger partial charge < -0.3 is 20.1 Å². The van der Waals surface area contributed by atoms with E-state index in [4.69, 9.17) is 15.2 Å². The number of rotatable bonds is 5. The molecule has 0 saturated carbocycles. The summed E-state index contributed by atoms with van der Waals surface area (Å²) in [6.07, 6.45) is 0.783. The molecule has 0 fully saturated rings. The van der Waals surface area contributed by atoms with E-state index in [0.717, 1.165) is 10.9 Å². The number of fused-ring (bicyclic) bond motifs is 1. The van der Waals surface area contributed by atoms with Gasteiger partial charge in [0.2, 0.25) is 6.79 Å². The molecule has 7 heteroatoms. The summed E-state index contributed by atoms with van der Waals surface area (Å²) in [7, 11) is 1.79. The van der Waals surface area contributed by atoms with Crippen LogP contribution in [0.4, 0.5) is 0 Å². The van der Waals surface area contributed by atoms with E-state index in [1.54, 1.807) is 24.1 Å². The van der Waals surface area contributed by atoms with Gasteiger partial charge in [-0.15, -0.1) is 12.4 Å². The molecule has 0 spiro atoms. The molecule has 1 heterocycles. The molecule has 2 rings (SSSR count). The van der Waals surface area contributed by atoms with Crippen LogP contribution in [-0.2, 0) is 0 Å². The van der Waals surface area contributed by atoms with Crippen molar-refractivity contribution in [1.82, 2.24) is 4.90 Å². The molecule has 0 radical (unpaired) electrons. The van der Waals surface area contributed by atoms with E-state index in [1.165, 1.54) is 0 Å². The molecule has 1 aliphatic rings. The highest BCUT2D eigenvalue weighted by molar-refractivity contribution is 9.10. The van der Waals surface area contributed by atoms with Gasteiger partial charge in [-0.25, -0.2) is 0 Å². The molecule has 1 amide bonds. The lowest BCUT2D eigenvalue weighted by molar-refractivity contribution is 0.0788. The van der Waals surface area contributed by atoms with Crippen molar-refractivity contribution in [3.8, 4) is 11.5 Å². The van der Waals surface area contributed by atoms with Crippen molar-refractivity contribution >= 4 is 34.2 Å². The van der Waals surface area contributed by atoms with Crippen LogP contribution in [0, 0.1) is 5.92 Å². The Morgan fingerprint density at radius 1 is 1.41 bits per heavy atom. The van der Waals surface area contributed by atoms with E-state index in [0.29, 0.717) is 29.5 Å². The van der Waals surface area contributed by atoms with Gasteiger partial charge in [0.15, 0.2) is 11.5 Å². The van der Waals surface area contributed by atoms with Crippen LogP contribution in [0.3, 0.4) is 0 Å². The molecule has 124 valence electrons. The highest BCUT2D eigenvalue weighted by Crippen LogP contribution is 2.40. The number of carbonyl (C=O) groups is 1. The predicted octanol–water partition coefficient (Wildman–Crippen LogP) is 3.05. The fraction of sp³-hybridized carbons (Fsp3) is 0.533. The molecule has 22 heavy (non-hydrogen) atoms. The molecule has 1 aromatic carbocycles. The van der Waals surface area contributed by atoms with Crippen LogP contribution in [0.25, 0.3) is 0 Å². The first kappa shape index (κ1) is 19.1. The number of hydrogen-bond donors (Lipinski definition) is 1. The highest BCUT2D eigenvalue weighted by atomic mass is 79.9. The third-order valence-electron chi connectivity index (χ3n) is 3.68. The zero-order chi connectivity index (χ0) is 15.6. The Labute approximate surface area is 145 Å². The Balaban J connectivity index is 0.00000242. The monoisotopic (exact) mass is 392 g/mol. The number of ether oxygens (including phenoxy) is 2. The second-order valence-corrected chi connectivity index (χ2v) is 6.47. The largest absolute Gasteiger partial charge is 0.454 e. The van der Waals surface area contributed by atoms with E-state index in [-0.39, 0.29) is 31.1 Å². The minimum atomic E-state index is -0.0510. The first-order valence-electron chi connectivity index (χ1n) is 7.00. The van der Waals surface area contributed by atoms with Crippen LogP contribution in [0.5, 0.6) is 11.5 Å². The van der Waals surface area contributed by atoms with Gasteiger partial charge in [0.1, 0.15) is 0 Å². The molecule has 5 nitrogen and oxygen atoms in total. The molecular formula is C15H22BrClN2O3. The van der Waals surface area contributed by atoms with Gasteiger partial charge in [-0.3, -0.25) is 4.79 Å². The minimum Gasteiger partial charge on any atom is -0.454 e. The van der Waals surface area contributed by atoms with E-state index >= 15 is 0 Å². The number of benzene rings is 1. The summed E-state index contributed by atoms with van der Waals surface area (Å²) in [4.78, 5) is 14.1. The Morgan fingerprint density at radius 3 is 2.73 bits per heavy atom. The van der Waals surface area contributed by atoms with Crippen molar-refractivity contribution < 1.29 is 14.3 Å². The molecular weight excluding hydrogens is 372 g/mol. The second-order valence-electron chi connectivity index (χ2n) is 5.62. The number of nitrogens with two attached hydrogens (primary N) is 1. The standard InChI is InChI=1S/C15H21BrN2O3.ClH/c1-9(2)12(17)4-5-18(3)15(19)10-6-11(16)14-13(7-10)20-8-21-14;/h6-7,9,12H,4-5,8,17H2,1-3H3;1H. The molecule has 1 aromatic rings. The second kappa shape index (κ2) is 8.04. The number of amides is 1. The Kier molecular flexibility index (Phi) is 6.97. The lowest BCUT2D eigenvalue weighted by Gasteiger charge is -2.21. The van der Waals surface area contributed by atoms with E-state index < -0.39 is 0 Å². The predicted molar refractivity (Wildman–Crippen MR) is 91.9 cm³/mol. The fourth-order valence-electron chi connectivity index (χ4n) is 2.09. The maximum absolute atomic E-state index is 12.4. The molecule has 2 N–H and O–H groups in total. The van der Waals surface area contributed by atoms with Crippen LogP contribution in [0.1, 0.15) is 30.6 Å². The number of halogens is 2. The van der Waals surface area contributed by atoms with Gasteiger partial charge in [0.05, 0.1) is 4.47 Å². The van der Waals surface area contributed by atoms with Crippen LogP contribution in [0.2, 0.25) is 0 Å². The first-order valence-corrected chi connectivity index (χ1v) is 7.79. The maximum atomic E-state index is 12.4. The molecule has 0 aromatic heterocycles. The Hall–Kier alpha value is -0.980. The van der Waals surface area contributed by atoms with E-state index in [2.05, 4.69) is 29.8 Å². The summed E-state index contributed by atoms with van der Waals surface area (Å²) >= 11 is 3.40. The van der Waals surface area contributed by atoms with Crippen LogP contribution >= 0.6 is 28.3 Å². The van der Waals surface area contributed by atoms with Crippen LogP contribution < -0.4 is 15.2 Å². The molecule has 1 aliphatic heterocycles. The third kappa shape index (κ3) is 4.27. The summed E-state index contributed by atoms with van der Waals surface area (Å²) in [5.74, 6) is 1.61. The average Bonchev–Trinajstić information content (AvgIpc) is 2.92. The van der Waals surface area contributed by atoms with Gasteiger partial charge in [-0.1, -0.05) is 13.8 Å². The molecule has 1 unspecified atom stereocenters. The van der Waals surface area contributed by atoms with Gasteiger partial charge >= 0.3 is 0 Å². The number of nitrogens with zero attached hydrogens (tertiary/aromatic N) is 1. The number of hydrogen-bond acceptors (Lipinski definition) is 4. The summed E-state index contributed by atoms with van der Waals surface area (Å²) in [5, 5.41) is 0. The van der Waals surface area contributed by atoms with Gasteiger partial charge in [-0.05, 0) is 40.4 Å². The third-order valence-corrected chi connectivity index (χ3v) is 4.26. The van der Waals surface area contributed by atoms with Crippen LogP contribution in [-0.4, -0.2) is 37.2 Å². The topological polar surface area (TPSA) is 64.8 Å². The Bertz CT molecular complexity index is 540. The zero-order valence-electron chi connectivity index (χ0n) is 13.0. The van der Waals surface area contributed by atoms with Gasteiger partial charge in [0, 0.05) is 25.2 Å². The van der Waals surface area contributed by atoms with Crippen molar-refractivity contribution in [3.63, 3.8) is 0 Å².